The second-order valence-electron chi connectivity index (χ2n) is 5.71. The van der Waals surface area contributed by atoms with Gasteiger partial charge >= 0.3 is 0 Å². The minimum atomic E-state index is -0.116. The van der Waals surface area contributed by atoms with Crippen molar-refractivity contribution in [2.24, 2.45) is 0 Å². The zero-order chi connectivity index (χ0) is 18.9. The fourth-order valence-corrected chi connectivity index (χ4v) is 2.88. The Morgan fingerprint density at radius 3 is 2.50 bits per heavy atom. The first-order valence-electron chi connectivity index (χ1n) is 8.12. The molecule has 0 heterocycles. The number of carbonyl (C=O) groups excluding carboxylic acids is 2. The second kappa shape index (κ2) is 10.1. The van der Waals surface area contributed by atoms with E-state index in [2.05, 4.69) is 5.32 Å². The maximum Gasteiger partial charge on any atom is 0.286 e. The van der Waals surface area contributed by atoms with Crippen LogP contribution in [-0.2, 0) is 4.79 Å². The van der Waals surface area contributed by atoms with Gasteiger partial charge in [-0.1, -0.05) is 23.7 Å². The molecule has 1 N–H and O–H groups in total. The molecular weight excluding hydrogens is 372 g/mol. The normalized spacial score (nSPS) is 10.3. The fourth-order valence-electron chi connectivity index (χ4n) is 2.01. The third-order valence-corrected chi connectivity index (χ3v) is 4.72. The maximum atomic E-state index is 12.2. The van der Waals surface area contributed by atoms with Crippen LogP contribution in [0.5, 0.6) is 5.75 Å². The largest absolute Gasteiger partial charge is 0.494 e. The molecule has 2 rings (SSSR count). The maximum absolute atomic E-state index is 12.2. The second-order valence-corrected chi connectivity index (χ2v) is 7.14. The Bertz CT molecular complexity index is 751. The van der Waals surface area contributed by atoms with Gasteiger partial charge in [-0.15, -0.1) is 0 Å². The van der Waals surface area contributed by atoms with Crippen molar-refractivity contribution in [1.82, 2.24) is 4.90 Å². The van der Waals surface area contributed by atoms with Gasteiger partial charge < -0.3 is 15.0 Å². The highest BCUT2D eigenvalue weighted by Gasteiger charge is 2.12. The monoisotopic (exact) mass is 392 g/mol. The Labute approximate surface area is 162 Å². The molecule has 0 aliphatic carbocycles. The molecule has 0 aliphatic heterocycles. The van der Waals surface area contributed by atoms with Crippen molar-refractivity contribution < 1.29 is 14.3 Å². The number of ether oxygens (including phenoxy) is 1. The van der Waals surface area contributed by atoms with Crippen molar-refractivity contribution in [2.45, 2.75) is 17.7 Å². The van der Waals surface area contributed by atoms with Gasteiger partial charge in [-0.2, -0.15) is 0 Å². The van der Waals surface area contributed by atoms with Crippen molar-refractivity contribution >= 4 is 40.2 Å². The summed E-state index contributed by atoms with van der Waals surface area (Å²) in [6.45, 7) is 0.435. The highest BCUT2D eigenvalue weighted by Crippen LogP contribution is 2.28. The lowest BCUT2D eigenvalue weighted by Crippen LogP contribution is -2.17. The van der Waals surface area contributed by atoms with Gasteiger partial charge in [0, 0.05) is 30.4 Å². The first-order valence-corrected chi connectivity index (χ1v) is 9.31. The number of rotatable bonds is 7. The van der Waals surface area contributed by atoms with Gasteiger partial charge in [-0.25, -0.2) is 0 Å². The van der Waals surface area contributed by atoms with Gasteiger partial charge in [0.15, 0.2) is 0 Å². The van der Waals surface area contributed by atoms with E-state index in [1.807, 2.05) is 18.2 Å². The summed E-state index contributed by atoms with van der Waals surface area (Å²) in [5, 5.41) is 3.42. The molecule has 26 heavy (non-hydrogen) atoms. The molecule has 2 aromatic rings. The number of nitrogens with zero attached hydrogens (tertiary/aromatic N) is 1. The van der Waals surface area contributed by atoms with Crippen molar-refractivity contribution in [1.29, 1.82) is 0 Å². The molecule has 2 amide bonds. The van der Waals surface area contributed by atoms with E-state index in [9.17, 15) is 9.59 Å². The van der Waals surface area contributed by atoms with Gasteiger partial charge in [0.2, 0.25) is 5.91 Å². The third-order valence-electron chi connectivity index (χ3n) is 3.35. The Kier molecular flexibility index (Phi) is 7.81. The van der Waals surface area contributed by atoms with Crippen molar-refractivity contribution in [3.05, 3.63) is 53.6 Å². The third kappa shape index (κ3) is 6.61. The molecule has 0 saturated heterocycles. The average Bonchev–Trinajstić information content (AvgIpc) is 2.62. The van der Waals surface area contributed by atoms with Crippen molar-refractivity contribution in [3.8, 4) is 5.75 Å². The summed E-state index contributed by atoms with van der Waals surface area (Å²) in [7, 11) is 3.38. The Morgan fingerprint density at radius 2 is 1.81 bits per heavy atom. The number of carbonyl (C=O) groups is 2. The molecule has 0 spiro atoms. The number of thioether (sulfide) groups is 1. The standard InChI is InChI=1S/C19H21ClN2O3S/c1-22(2)19(24)26-17-7-4-3-6-16(17)21-18(23)8-5-13-25-15-11-9-14(20)10-12-15/h3-4,6-7,9-12H,5,8,13H2,1-2H3,(H,21,23). The molecule has 0 aromatic heterocycles. The quantitative estimate of drug-likeness (QED) is 0.537. The summed E-state index contributed by atoms with van der Waals surface area (Å²) in [5.41, 5.74) is 0.635. The molecule has 138 valence electrons. The number of para-hydroxylation sites is 1. The Morgan fingerprint density at radius 1 is 1.12 bits per heavy atom. The lowest BCUT2D eigenvalue weighted by Gasteiger charge is -2.13. The number of hydrogen-bond donors (Lipinski definition) is 1. The van der Waals surface area contributed by atoms with Crippen molar-refractivity contribution in [3.63, 3.8) is 0 Å². The van der Waals surface area contributed by atoms with Crippen LogP contribution in [0.25, 0.3) is 0 Å². The number of benzene rings is 2. The van der Waals surface area contributed by atoms with E-state index in [4.69, 9.17) is 16.3 Å². The van der Waals surface area contributed by atoms with Crippen LogP contribution in [0.15, 0.2) is 53.4 Å². The lowest BCUT2D eigenvalue weighted by atomic mass is 10.2. The Hall–Kier alpha value is -2.18. The fraction of sp³-hybridized carbons (Fsp3) is 0.263. The zero-order valence-electron chi connectivity index (χ0n) is 14.7. The SMILES string of the molecule is CN(C)C(=O)Sc1ccccc1NC(=O)CCCOc1ccc(Cl)cc1. The van der Waals surface area contributed by atoms with Gasteiger partial charge in [-0.3, -0.25) is 9.59 Å². The first kappa shape index (κ1) is 20.1. The summed E-state index contributed by atoms with van der Waals surface area (Å²) in [4.78, 5) is 26.2. The molecule has 0 radical (unpaired) electrons. The zero-order valence-corrected chi connectivity index (χ0v) is 16.3. The number of hydrogen-bond acceptors (Lipinski definition) is 4. The van der Waals surface area contributed by atoms with E-state index >= 15 is 0 Å². The number of amides is 2. The van der Waals surface area contributed by atoms with Crippen LogP contribution in [0.3, 0.4) is 0 Å². The highest BCUT2D eigenvalue weighted by molar-refractivity contribution is 8.13. The molecular formula is C19H21ClN2O3S. The number of anilines is 1. The summed E-state index contributed by atoms with van der Waals surface area (Å²) in [5.74, 6) is 0.605. The van der Waals surface area contributed by atoms with E-state index < -0.39 is 0 Å². The summed E-state index contributed by atoms with van der Waals surface area (Å²) in [6, 6.07) is 14.3. The molecule has 7 heteroatoms. The van der Waals surface area contributed by atoms with Crippen LogP contribution in [0.4, 0.5) is 10.5 Å². The molecule has 0 aliphatic rings. The predicted molar refractivity (Wildman–Crippen MR) is 106 cm³/mol. The topological polar surface area (TPSA) is 58.6 Å². The van der Waals surface area contributed by atoms with Crippen LogP contribution in [-0.4, -0.2) is 36.7 Å². The summed E-state index contributed by atoms with van der Waals surface area (Å²) < 4.78 is 5.57. The Balaban J connectivity index is 1.80. The van der Waals surface area contributed by atoms with Crippen LogP contribution in [0, 0.1) is 0 Å². The van der Waals surface area contributed by atoms with Gasteiger partial charge in [0.05, 0.1) is 12.3 Å². The van der Waals surface area contributed by atoms with Crippen LogP contribution in [0.1, 0.15) is 12.8 Å². The van der Waals surface area contributed by atoms with E-state index in [0.717, 1.165) is 22.4 Å². The van der Waals surface area contributed by atoms with Gasteiger partial charge in [0.1, 0.15) is 5.75 Å². The van der Waals surface area contributed by atoms with E-state index in [-0.39, 0.29) is 11.1 Å². The molecule has 0 saturated carbocycles. The summed E-state index contributed by atoms with van der Waals surface area (Å²) in [6.07, 6.45) is 0.911. The minimum absolute atomic E-state index is 0.0944. The van der Waals surface area contributed by atoms with E-state index in [1.54, 1.807) is 44.4 Å². The molecule has 2 aromatic carbocycles. The molecule has 0 fully saturated rings. The van der Waals surface area contributed by atoms with E-state index in [1.165, 1.54) is 4.90 Å². The molecule has 0 atom stereocenters. The van der Waals surface area contributed by atoms with Crippen molar-refractivity contribution in [2.75, 3.05) is 26.0 Å². The number of nitrogens with one attached hydrogen (secondary N) is 1. The van der Waals surface area contributed by atoms with Crippen LogP contribution < -0.4 is 10.1 Å². The predicted octanol–water partition coefficient (Wildman–Crippen LogP) is 4.91. The van der Waals surface area contributed by atoms with E-state index in [0.29, 0.717) is 30.2 Å². The molecule has 5 nitrogen and oxygen atoms in total. The number of halogens is 1. The molecule has 0 unspecified atom stereocenters. The smallest absolute Gasteiger partial charge is 0.286 e. The first-order chi connectivity index (χ1) is 12.5. The van der Waals surface area contributed by atoms with Gasteiger partial charge in [0.25, 0.3) is 5.24 Å². The van der Waals surface area contributed by atoms with Gasteiger partial charge in [-0.05, 0) is 54.6 Å². The lowest BCUT2D eigenvalue weighted by molar-refractivity contribution is -0.116. The molecule has 0 bridgehead atoms. The average molecular weight is 393 g/mol. The summed E-state index contributed by atoms with van der Waals surface area (Å²) >= 11 is 6.90. The highest BCUT2D eigenvalue weighted by atomic mass is 35.5. The minimum Gasteiger partial charge on any atom is -0.494 e. The van der Waals surface area contributed by atoms with Crippen LogP contribution >= 0.6 is 23.4 Å². The van der Waals surface area contributed by atoms with Crippen LogP contribution in [0.2, 0.25) is 5.02 Å².